The number of rotatable bonds is 7. The first kappa shape index (κ1) is 17.2. The molecule has 0 saturated carbocycles. The molecule has 1 fully saturated rings. The zero-order valence-electron chi connectivity index (χ0n) is 12.3. The number of carbonyl (C=O) groups excluding carboxylic acids is 1. The fourth-order valence-corrected chi connectivity index (χ4v) is 2.03. The molecule has 0 aromatic carbocycles. The maximum absolute atomic E-state index is 12.2. The van der Waals surface area contributed by atoms with Crippen molar-refractivity contribution in [2.75, 3.05) is 40.0 Å². The maximum Gasteiger partial charge on any atom is 0.317 e. The number of nitrogens with one attached hydrogen (secondary N) is 1. The minimum Gasteiger partial charge on any atom is -0.481 e. The van der Waals surface area contributed by atoms with E-state index < -0.39 is 23.5 Å². The summed E-state index contributed by atoms with van der Waals surface area (Å²) in [7, 11) is 1.52. The van der Waals surface area contributed by atoms with E-state index in [4.69, 9.17) is 14.7 Å². The van der Waals surface area contributed by atoms with E-state index in [1.54, 1.807) is 6.92 Å². The Bertz CT molecular complexity index is 423. The van der Waals surface area contributed by atoms with Gasteiger partial charge in [0.25, 0.3) is 0 Å². The van der Waals surface area contributed by atoms with E-state index in [-0.39, 0.29) is 26.2 Å². The molecule has 1 rings (SSSR count). The maximum atomic E-state index is 12.2. The number of hydrogen-bond acceptors (Lipinski definition) is 5. The number of urea groups is 1. The smallest absolute Gasteiger partial charge is 0.317 e. The van der Waals surface area contributed by atoms with Crippen LogP contribution in [0.15, 0.2) is 0 Å². The van der Waals surface area contributed by atoms with Crippen molar-refractivity contribution >= 4 is 12.0 Å². The Morgan fingerprint density at radius 3 is 2.86 bits per heavy atom. The molecule has 21 heavy (non-hydrogen) atoms. The number of amides is 2. The first-order valence-corrected chi connectivity index (χ1v) is 6.68. The van der Waals surface area contributed by atoms with Crippen LogP contribution in [0.3, 0.4) is 0 Å². The van der Waals surface area contributed by atoms with Gasteiger partial charge < -0.3 is 24.8 Å². The zero-order chi connectivity index (χ0) is 15.9. The fourth-order valence-electron chi connectivity index (χ4n) is 2.03. The van der Waals surface area contributed by atoms with Gasteiger partial charge in [-0.05, 0) is 6.92 Å². The second kappa shape index (κ2) is 7.81. The van der Waals surface area contributed by atoms with Crippen LogP contribution in [0.4, 0.5) is 4.79 Å². The van der Waals surface area contributed by atoms with Gasteiger partial charge >= 0.3 is 12.0 Å². The molecule has 1 heterocycles. The lowest BCUT2D eigenvalue weighted by molar-refractivity contribution is -0.148. The minimum atomic E-state index is -1.14. The standard InChI is InChI=1S/C13H21N3O5/c1-13(11(17)18)9-21-8-10(13)15-12(19)16(5-3-4-14)6-7-20-2/h10H,3,5-9H2,1-2H3,(H,15,19)(H,17,18). The van der Waals surface area contributed by atoms with E-state index in [2.05, 4.69) is 5.32 Å². The lowest BCUT2D eigenvalue weighted by atomic mass is 9.85. The molecule has 0 spiro atoms. The van der Waals surface area contributed by atoms with Crippen molar-refractivity contribution in [3.63, 3.8) is 0 Å². The first-order valence-electron chi connectivity index (χ1n) is 6.68. The van der Waals surface area contributed by atoms with Gasteiger partial charge in [-0.25, -0.2) is 4.79 Å². The summed E-state index contributed by atoms with van der Waals surface area (Å²) in [6.07, 6.45) is 0.203. The molecule has 0 aliphatic carbocycles. The number of carbonyl (C=O) groups is 2. The van der Waals surface area contributed by atoms with Crippen molar-refractivity contribution in [2.45, 2.75) is 19.4 Å². The monoisotopic (exact) mass is 299 g/mol. The molecule has 1 aliphatic rings. The van der Waals surface area contributed by atoms with Crippen molar-refractivity contribution in [3.8, 4) is 6.07 Å². The van der Waals surface area contributed by atoms with Crippen LogP contribution in [0, 0.1) is 16.7 Å². The van der Waals surface area contributed by atoms with Crippen LogP contribution in [-0.2, 0) is 14.3 Å². The third-order valence-corrected chi connectivity index (χ3v) is 3.59. The Labute approximate surface area is 123 Å². The van der Waals surface area contributed by atoms with Crippen LogP contribution in [0.2, 0.25) is 0 Å². The number of carboxylic acid groups (broad SMARTS) is 1. The van der Waals surface area contributed by atoms with Crippen LogP contribution in [0.1, 0.15) is 13.3 Å². The Balaban J connectivity index is 2.67. The Morgan fingerprint density at radius 2 is 2.29 bits per heavy atom. The molecule has 0 aromatic rings. The van der Waals surface area contributed by atoms with Crippen molar-refractivity contribution in [3.05, 3.63) is 0 Å². The zero-order valence-corrected chi connectivity index (χ0v) is 12.3. The second-order valence-corrected chi connectivity index (χ2v) is 5.13. The number of nitrogens with zero attached hydrogens (tertiary/aromatic N) is 2. The third-order valence-electron chi connectivity index (χ3n) is 3.59. The highest BCUT2D eigenvalue weighted by molar-refractivity contribution is 5.79. The molecular formula is C13H21N3O5. The molecule has 0 bridgehead atoms. The van der Waals surface area contributed by atoms with Crippen molar-refractivity contribution in [1.29, 1.82) is 5.26 Å². The average Bonchev–Trinajstić information content (AvgIpc) is 2.81. The van der Waals surface area contributed by atoms with E-state index in [9.17, 15) is 14.7 Å². The molecule has 2 atom stereocenters. The van der Waals surface area contributed by atoms with E-state index in [0.29, 0.717) is 13.2 Å². The summed E-state index contributed by atoms with van der Waals surface area (Å²) in [6, 6.07) is 0.962. The summed E-state index contributed by atoms with van der Waals surface area (Å²) >= 11 is 0. The molecule has 0 radical (unpaired) electrons. The predicted octanol–water partition coefficient (Wildman–Crippen LogP) is 0.0478. The Morgan fingerprint density at radius 1 is 1.57 bits per heavy atom. The molecular weight excluding hydrogens is 278 g/mol. The van der Waals surface area contributed by atoms with Crippen LogP contribution < -0.4 is 5.32 Å². The van der Waals surface area contributed by atoms with E-state index in [1.165, 1.54) is 12.0 Å². The number of nitriles is 1. The van der Waals surface area contributed by atoms with Crippen LogP contribution in [0.25, 0.3) is 0 Å². The molecule has 1 aliphatic heterocycles. The molecule has 0 aromatic heterocycles. The Hall–Kier alpha value is -1.85. The molecule has 2 amide bonds. The normalized spacial score (nSPS) is 24.3. The summed E-state index contributed by atoms with van der Waals surface area (Å²) in [5, 5.41) is 20.6. The van der Waals surface area contributed by atoms with Gasteiger partial charge in [0.05, 0.1) is 38.4 Å². The summed E-state index contributed by atoms with van der Waals surface area (Å²) in [5.74, 6) is -1.01. The van der Waals surface area contributed by atoms with Gasteiger partial charge in [-0.3, -0.25) is 4.79 Å². The SMILES string of the molecule is COCCN(CCC#N)C(=O)NC1COCC1(C)C(=O)O. The number of methoxy groups -OCH3 is 1. The van der Waals surface area contributed by atoms with Gasteiger partial charge in [0.15, 0.2) is 0 Å². The highest BCUT2D eigenvalue weighted by Gasteiger charge is 2.47. The molecule has 8 heteroatoms. The molecule has 1 saturated heterocycles. The lowest BCUT2D eigenvalue weighted by Gasteiger charge is -2.29. The highest BCUT2D eigenvalue weighted by atomic mass is 16.5. The van der Waals surface area contributed by atoms with Gasteiger partial charge in [-0.2, -0.15) is 5.26 Å². The molecule has 118 valence electrons. The van der Waals surface area contributed by atoms with Gasteiger partial charge in [-0.1, -0.05) is 0 Å². The Kier molecular flexibility index (Phi) is 6.39. The number of ether oxygens (including phenoxy) is 2. The van der Waals surface area contributed by atoms with E-state index in [1.807, 2.05) is 6.07 Å². The topological polar surface area (TPSA) is 112 Å². The second-order valence-electron chi connectivity index (χ2n) is 5.13. The summed E-state index contributed by atoms with van der Waals surface area (Å²) in [5.41, 5.74) is -1.14. The largest absolute Gasteiger partial charge is 0.481 e. The van der Waals surface area contributed by atoms with E-state index in [0.717, 1.165) is 0 Å². The lowest BCUT2D eigenvalue weighted by Crippen LogP contribution is -2.54. The van der Waals surface area contributed by atoms with Crippen molar-refractivity contribution < 1.29 is 24.2 Å². The molecule has 2 unspecified atom stereocenters. The minimum absolute atomic E-state index is 0.0591. The van der Waals surface area contributed by atoms with Gasteiger partial charge in [0, 0.05) is 20.2 Å². The predicted molar refractivity (Wildman–Crippen MR) is 72.6 cm³/mol. The van der Waals surface area contributed by atoms with Gasteiger partial charge in [0.2, 0.25) is 0 Å². The average molecular weight is 299 g/mol. The van der Waals surface area contributed by atoms with E-state index >= 15 is 0 Å². The highest BCUT2D eigenvalue weighted by Crippen LogP contribution is 2.28. The van der Waals surface area contributed by atoms with Crippen LogP contribution in [0.5, 0.6) is 0 Å². The van der Waals surface area contributed by atoms with Crippen molar-refractivity contribution in [2.24, 2.45) is 5.41 Å². The summed E-state index contributed by atoms with van der Waals surface area (Å²) in [4.78, 5) is 25.0. The van der Waals surface area contributed by atoms with Gasteiger partial charge in [0.1, 0.15) is 5.41 Å². The summed E-state index contributed by atoms with van der Waals surface area (Å²) in [6.45, 7) is 2.71. The van der Waals surface area contributed by atoms with Crippen LogP contribution >= 0.6 is 0 Å². The molecule has 8 nitrogen and oxygen atoms in total. The fraction of sp³-hybridized carbons (Fsp3) is 0.769. The first-order chi connectivity index (χ1) is 9.95. The molecule has 2 N–H and O–H groups in total. The third kappa shape index (κ3) is 4.31. The quantitative estimate of drug-likeness (QED) is 0.687. The summed E-state index contributed by atoms with van der Waals surface area (Å²) < 4.78 is 10.1. The van der Waals surface area contributed by atoms with Gasteiger partial charge in [-0.15, -0.1) is 0 Å². The van der Waals surface area contributed by atoms with Crippen LogP contribution in [-0.4, -0.2) is 68.1 Å². The van der Waals surface area contributed by atoms with Crippen molar-refractivity contribution in [1.82, 2.24) is 10.2 Å². The number of hydrogen-bond donors (Lipinski definition) is 2. The number of carboxylic acids is 1. The number of aliphatic carboxylic acids is 1.